The van der Waals surface area contributed by atoms with Crippen LogP contribution in [0.3, 0.4) is 0 Å². The third-order valence-corrected chi connectivity index (χ3v) is 4.65. The molecule has 8 nitrogen and oxygen atoms in total. The Hall–Kier alpha value is -3.14. The van der Waals surface area contributed by atoms with Crippen LogP contribution in [0.4, 0.5) is 10.1 Å². The van der Waals surface area contributed by atoms with Crippen LogP contribution in [-0.2, 0) is 9.59 Å². The summed E-state index contributed by atoms with van der Waals surface area (Å²) in [6, 6.07) is 11.0. The molecule has 2 unspecified atom stereocenters. The topological polar surface area (TPSA) is 111 Å². The van der Waals surface area contributed by atoms with Crippen LogP contribution in [0.1, 0.15) is 13.8 Å². The number of nitro groups is 1. The van der Waals surface area contributed by atoms with Gasteiger partial charge in [0.2, 0.25) is 0 Å². The van der Waals surface area contributed by atoms with Gasteiger partial charge < -0.3 is 4.74 Å². The number of nitrogens with zero attached hydrogens (tertiary/aromatic N) is 1. The van der Waals surface area contributed by atoms with E-state index in [1.54, 1.807) is 19.1 Å². The Morgan fingerprint density at radius 3 is 2.18 bits per heavy atom. The summed E-state index contributed by atoms with van der Waals surface area (Å²) < 4.78 is 18.2. The molecule has 2 N–H and O–H groups in total. The number of nitrogens with one attached hydrogen (secondary N) is 2. The van der Waals surface area contributed by atoms with Gasteiger partial charge >= 0.3 is 0 Å². The molecule has 2 amide bonds. The minimum Gasteiger partial charge on any atom is -0.481 e. The number of non-ortho nitro benzene ring substituents is 1. The fourth-order valence-electron chi connectivity index (χ4n) is 2.00. The van der Waals surface area contributed by atoms with E-state index in [4.69, 9.17) is 4.74 Å². The summed E-state index contributed by atoms with van der Waals surface area (Å²) in [5.41, 5.74) is 4.53. The van der Waals surface area contributed by atoms with Crippen molar-refractivity contribution < 1.29 is 23.6 Å². The van der Waals surface area contributed by atoms with E-state index < -0.39 is 33.9 Å². The predicted octanol–water partition coefficient (Wildman–Crippen LogP) is 2.83. The van der Waals surface area contributed by atoms with E-state index >= 15 is 0 Å². The number of carbonyl (C=O) groups is 2. The van der Waals surface area contributed by atoms with E-state index in [0.29, 0.717) is 10.6 Å². The van der Waals surface area contributed by atoms with Crippen molar-refractivity contribution in [3.63, 3.8) is 0 Å². The number of rotatable bonds is 7. The van der Waals surface area contributed by atoms with Crippen molar-refractivity contribution in [2.45, 2.75) is 30.1 Å². The zero-order chi connectivity index (χ0) is 20.7. The first-order chi connectivity index (χ1) is 13.3. The molecule has 0 bridgehead atoms. The van der Waals surface area contributed by atoms with E-state index in [1.807, 2.05) is 0 Å². The molecule has 2 aromatic rings. The van der Waals surface area contributed by atoms with Crippen LogP contribution in [0.25, 0.3) is 0 Å². The SMILES string of the molecule is CC(Oc1ccc(F)cc1)C(=O)NNC(=O)C(C)Sc1ccc([N+](=O)[O-])cc1. The Balaban J connectivity index is 1.80. The summed E-state index contributed by atoms with van der Waals surface area (Å²) in [7, 11) is 0. The molecule has 10 heteroatoms. The number of amides is 2. The Morgan fingerprint density at radius 2 is 1.61 bits per heavy atom. The van der Waals surface area contributed by atoms with E-state index in [-0.39, 0.29) is 5.69 Å². The molecule has 0 saturated heterocycles. The molecular formula is C18H18FN3O5S. The highest BCUT2D eigenvalue weighted by Gasteiger charge is 2.19. The van der Waals surface area contributed by atoms with Crippen LogP contribution < -0.4 is 15.6 Å². The molecule has 0 radical (unpaired) electrons. The Morgan fingerprint density at radius 1 is 1.04 bits per heavy atom. The van der Waals surface area contributed by atoms with Gasteiger partial charge in [0, 0.05) is 17.0 Å². The third-order valence-electron chi connectivity index (χ3n) is 3.53. The number of thioether (sulfide) groups is 1. The van der Waals surface area contributed by atoms with Crippen molar-refractivity contribution in [2.75, 3.05) is 0 Å². The summed E-state index contributed by atoms with van der Waals surface area (Å²) in [4.78, 5) is 34.9. The van der Waals surface area contributed by atoms with Crippen molar-refractivity contribution in [3.05, 3.63) is 64.5 Å². The zero-order valence-electron chi connectivity index (χ0n) is 15.0. The van der Waals surface area contributed by atoms with Gasteiger partial charge in [-0.25, -0.2) is 4.39 Å². The Labute approximate surface area is 164 Å². The van der Waals surface area contributed by atoms with Gasteiger partial charge in [0.25, 0.3) is 17.5 Å². The van der Waals surface area contributed by atoms with Crippen molar-refractivity contribution in [2.24, 2.45) is 0 Å². The molecule has 0 heterocycles. The zero-order valence-corrected chi connectivity index (χ0v) is 15.9. The second-order valence-electron chi connectivity index (χ2n) is 5.70. The highest BCUT2D eigenvalue weighted by atomic mass is 32.2. The highest BCUT2D eigenvalue weighted by molar-refractivity contribution is 8.00. The molecule has 0 aliphatic heterocycles. The number of halogens is 1. The number of nitro benzene ring substituents is 1. The van der Waals surface area contributed by atoms with Gasteiger partial charge in [-0.2, -0.15) is 0 Å². The number of hydrogen-bond acceptors (Lipinski definition) is 6. The van der Waals surface area contributed by atoms with E-state index in [1.165, 1.54) is 55.1 Å². The summed E-state index contributed by atoms with van der Waals surface area (Å²) >= 11 is 1.18. The fourth-order valence-corrected chi connectivity index (χ4v) is 2.87. The number of ether oxygens (including phenoxy) is 1. The van der Waals surface area contributed by atoms with E-state index in [0.717, 1.165) is 0 Å². The summed E-state index contributed by atoms with van der Waals surface area (Å²) in [6.45, 7) is 3.12. The normalized spacial score (nSPS) is 12.5. The lowest BCUT2D eigenvalue weighted by Gasteiger charge is -2.16. The average molecular weight is 407 g/mol. The van der Waals surface area contributed by atoms with Crippen LogP contribution in [0.15, 0.2) is 53.4 Å². The number of hydrazine groups is 1. The van der Waals surface area contributed by atoms with Gasteiger partial charge in [0.15, 0.2) is 6.10 Å². The second-order valence-corrected chi connectivity index (χ2v) is 7.12. The van der Waals surface area contributed by atoms with Crippen molar-refractivity contribution in [1.29, 1.82) is 0 Å². The maximum atomic E-state index is 12.9. The Bertz CT molecular complexity index is 845. The molecular weight excluding hydrogens is 389 g/mol. The molecule has 0 aliphatic rings. The molecule has 2 aromatic carbocycles. The van der Waals surface area contributed by atoms with Crippen molar-refractivity contribution >= 4 is 29.3 Å². The van der Waals surface area contributed by atoms with Gasteiger partial charge in [0.05, 0.1) is 10.2 Å². The molecule has 0 fully saturated rings. The number of carbonyl (C=O) groups excluding carboxylic acids is 2. The van der Waals surface area contributed by atoms with Crippen LogP contribution in [0.2, 0.25) is 0 Å². The molecule has 2 atom stereocenters. The van der Waals surface area contributed by atoms with E-state index in [2.05, 4.69) is 10.9 Å². The maximum Gasteiger partial charge on any atom is 0.279 e. The summed E-state index contributed by atoms with van der Waals surface area (Å²) in [5, 5.41) is 10.1. The molecule has 0 aromatic heterocycles. The largest absolute Gasteiger partial charge is 0.481 e. The molecule has 0 spiro atoms. The van der Waals surface area contributed by atoms with Gasteiger partial charge in [-0.3, -0.25) is 30.6 Å². The van der Waals surface area contributed by atoms with E-state index in [9.17, 15) is 24.1 Å². The van der Waals surface area contributed by atoms with Crippen LogP contribution in [0.5, 0.6) is 5.75 Å². The summed E-state index contributed by atoms with van der Waals surface area (Å²) in [5.74, 6) is -1.13. The standard InChI is InChI=1S/C18H18FN3O5S/c1-11(27-15-7-3-13(19)4-8-15)17(23)20-21-18(24)12(2)28-16-9-5-14(6-10-16)22(25)26/h3-12H,1-2H3,(H,20,23)(H,21,24). The minimum atomic E-state index is -0.914. The van der Waals surface area contributed by atoms with Crippen LogP contribution in [-0.4, -0.2) is 28.1 Å². The molecule has 2 rings (SSSR count). The van der Waals surface area contributed by atoms with Gasteiger partial charge in [-0.15, -0.1) is 11.8 Å². The number of hydrogen-bond donors (Lipinski definition) is 2. The third kappa shape index (κ3) is 6.23. The first kappa shape index (κ1) is 21.2. The molecule has 28 heavy (non-hydrogen) atoms. The summed E-state index contributed by atoms with van der Waals surface area (Å²) in [6.07, 6.45) is -0.914. The quantitative estimate of drug-likeness (QED) is 0.415. The van der Waals surface area contributed by atoms with Gasteiger partial charge in [0.1, 0.15) is 11.6 Å². The number of benzene rings is 2. The molecule has 148 valence electrons. The average Bonchev–Trinajstić information content (AvgIpc) is 2.67. The van der Waals surface area contributed by atoms with Gasteiger partial charge in [-0.1, -0.05) is 0 Å². The lowest BCUT2D eigenvalue weighted by Crippen LogP contribution is -2.49. The minimum absolute atomic E-state index is 0.0381. The predicted molar refractivity (Wildman–Crippen MR) is 101 cm³/mol. The van der Waals surface area contributed by atoms with Crippen molar-refractivity contribution in [3.8, 4) is 5.75 Å². The lowest BCUT2D eigenvalue weighted by atomic mass is 10.3. The van der Waals surface area contributed by atoms with Crippen LogP contribution >= 0.6 is 11.8 Å². The molecule has 0 aliphatic carbocycles. The lowest BCUT2D eigenvalue weighted by molar-refractivity contribution is -0.384. The second kappa shape index (κ2) is 9.70. The molecule has 0 saturated carbocycles. The van der Waals surface area contributed by atoms with Gasteiger partial charge in [-0.05, 0) is 50.2 Å². The fraction of sp³-hybridized carbons (Fsp3) is 0.222. The monoisotopic (exact) mass is 407 g/mol. The maximum absolute atomic E-state index is 12.9. The van der Waals surface area contributed by atoms with Crippen molar-refractivity contribution in [1.82, 2.24) is 10.9 Å². The Kier molecular flexibility index (Phi) is 7.33. The van der Waals surface area contributed by atoms with Crippen LogP contribution in [0, 0.1) is 15.9 Å². The first-order valence-electron chi connectivity index (χ1n) is 8.19. The first-order valence-corrected chi connectivity index (χ1v) is 9.07. The highest BCUT2D eigenvalue weighted by Crippen LogP contribution is 2.25. The smallest absolute Gasteiger partial charge is 0.279 e.